The third-order valence-electron chi connectivity index (χ3n) is 6.28. The fraction of sp³-hybridized carbons (Fsp3) is 0.962. The number of carbonyl (C=O) groups is 1. The third-order valence-corrected chi connectivity index (χ3v) is 7.60. The number of carbonyl (C=O) groups excluding carboxylic acids is 1. The molecule has 0 bridgehead atoms. The van der Waals surface area contributed by atoms with Gasteiger partial charge in [0.2, 0.25) is 0 Å². The molecule has 3 unspecified atom stereocenters. The summed E-state index contributed by atoms with van der Waals surface area (Å²) in [4.78, 5) is 20.8. The summed E-state index contributed by atoms with van der Waals surface area (Å²) in [6.45, 7) is 5.96. The van der Waals surface area contributed by atoms with Gasteiger partial charge < -0.3 is 23.4 Å². The van der Waals surface area contributed by atoms with Gasteiger partial charge in [0.15, 0.2) is 0 Å². The Bertz CT molecular complexity index is 526. The molecule has 0 rings (SSSR count). The quantitative estimate of drug-likeness (QED) is 0.0686. The molecule has 0 aliphatic carbocycles. The van der Waals surface area contributed by atoms with Gasteiger partial charge in [-0.2, -0.15) is 0 Å². The Labute approximate surface area is 210 Å². The molecule has 0 saturated carbocycles. The highest BCUT2D eigenvalue weighted by molar-refractivity contribution is 7.52. The van der Waals surface area contributed by atoms with Crippen molar-refractivity contribution in [2.75, 3.05) is 53.7 Å². The van der Waals surface area contributed by atoms with Gasteiger partial charge in [-0.15, -0.1) is 0 Å². The summed E-state index contributed by atoms with van der Waals surface area (Å²) in [5.74, 6) is 0.643. The van der Waals surface area contributed by atoms with Crippen LogP contribution in [0.5, 0.6) is 0 Å². The molecular formula is C26H55NO6P+. The first-order valence-electron chi connectivity index (χ1n) is 13.6. The zero-order valence-electron chi connectivity index (χ0n) is 22.8. The van der Waals surface area contributed by atoms with Crippen LogP contribution >= 0.6 is 7.60 Å². The van der Waals surface area contributed by atoms with Gasteiger partial charge >= 0.3 is 7.60 Å². The van der Waals surface area contributed by atoms with Gasteiger partial charge in [0.25, 0.3) is 6.47 Å². The lowest BCUT2D eigenvalue weighted by Crippen LogP contribution is -2.37. The zero-order valence-corrected chi connectivity index (χ0v) is 23.7. The number of ether oxygens (including phenoxy) is 2. The maximum Gasteiger partial charge on any atom is 0.333 e. The SMILES string of the molecule is CCCCCCCCCCCCC(CC)CCOCC(COP(=O)(O)CC[N+](C)(C)C)OC=O. The van der Waals surface area contributed by atoms with Crippen LogP contribution in [0.25, 0.3) is 0 Å². The average Bonchev–Trinajstić information content (AvgIpc) is 2.78. The van der Waals surface area contributed by atoms with E-state index >= 15 is 0 Å². The van der Waals surface area contributed by atoms with Gasteiger partial charge in [0.1, 0.15) is 6.10 Å². The maximum absolute atomic E-state index is 12.2. The molecule has 204 valence electrons. The van der Waals surface area contributed by atoms with Gasteiger partial charge in [-0.25, -0.2) is 0 Å². The molecule has 1 N–H and O–H groups in total. The smallest absolute Gasteiger partial charge is 0.333 e. The fourth-order valence-corrected chi connectivity index (χ4v) is 5.21. The number of nitrogens with zero attached hydrogens (tertiary/aromatic N) is 1. The van der Waals surface area contributed by atoms with E-state index in [1.165, 1.54) is 70.6 Å². The second-order valence-electron chi connectivity index (χ2n) is 10.6. The lowest BCUT2D eigenvalue weighted by molar-refractivity contribution is -0.867. The first-order valence-corrected chi connectivity index (χ1v) is 15.3. The molecule has 0 aliphatic heterocycles. The van der Waals surface area contributed by atoms with Crippen LogP contribution in [0.1, 0.15) is 97.3 Å². The Hall–Kier alpha value is -0.460. The highest BCUT2D eigenvalue weighted by Crippen LogP contribution is 2.41. The van der Waals surface area contributed by atoms with E-state index in [1.807, 2.05) is 21.1 Å². The van der Waals surface area contributed by atoms with E-state index in [1.54, 1.807) is 0 Å². The van der Waals surface area contributed by atoms with Crippen LogP contribution in [0.3, 0.4) is 0 Å². The predicted molar refractivity (Wildman–Crippen MR) is 140 cm³/mol. The Morgan fingerprint density at radius 2 is 1.47 bits per heavy atom. The topological polar surface area (TPSA) is 82.1 Å². The van der Waals surface area contributed by atoms with Gasteiger partial charge in [-0.05, 0) is 12.3 Å². The number of hydrogen-bond donors (Lipinski definition) is 1. The van der Waals surface area contributed by atoms with Crippen LogP contribution in [0.2, 0.25) is 0 Å². The van der Waals surface area contributed by atoms with Crippen molar-refractivity contribution >= 4 is 14.1 Å². The number of rotatable bonds is 25. The monoisotopic (exact) mass is 508 g/mol. The summed E-state index contributed by atoms with van der Waals surface area (Å²) < 4.78 is 28.7. The highest BCUT2D eigenvalue weighted by atomic mass is 31.2. The summed E-state index contributed by atoms with van der Waals surface area (Å²) in [5.41, 5.74) is 0. The fourth-order valence-electron chi connectivity index (χ4n) is 3.83. The number of quaternary nitrogens is 1. The van der Waals surface area contributed by atoms with Crippen LogP contribution in [0.4, 0.5) is 0 Å². The lowest BCUT2D eigenvalue weighted by atomic mass is 9.95. The first-order chi connectivity index (χ1) is 16.1. The Kier molecular flexibility index (Phi) is 20.4. The molecular weight excluding hydrogens is 453 g/mol. The van der Waals surface area contributed by atoms with Crippen molar-refractivity contribution in [1.29, 1.82) is 0 Å². The molecule has 0 aromatic rings. The van der Waals surface area contributed by atoms with E-state index < -0.39 is 13.7 Å². The largest absolute Gasteiger partial charge is 0.460 e. The summed E-state index contributed by atoms with van der Waals surface area (Å²) in [5, 5.41) is 0. The van der Waals surface area contributed by atoms with Crippen LogP contribution in [-0.2, 0) is 23.4 Å². The molecule has 0 saturated heterocycles. The minimum absolute atomic E-state index is 0.0578. The Balaban J connectivity index is 3.96. The van der Waals surface area contributed by atoms with E-state index in [4.69, 9.17) is 14.0 Å². The van der Waals surface area contributed by atoms with Crippen LogP contribution in [0, 0.1) is 5.92 Å². The Morgan fingerprint density at radius 3 is 2.00 bits per heavy atom. The molecule has 0 fully saturated rings. The summed E-state index contributed by atoms with van der Waals surface area (Å²) in [6, 6.07) is 0. The van der Waals surface area contributed by atoms with Gasteiger partial charge in [0, 0.05) is 6.61 Å². The minimum atomic E-state index is -3.72. The molecule has 0 amide bonds. The van der Waals surface area contributed by atoms with Crippen molar-refractivity contribution in [3.63, 3.8) is 0 Å². The van der Waals surface area contributed by atoms with Gasteiger partial charge in [0.05, 0.1) is 47.1 Å². The molecule has 0 heterocycles. The van der Waals surface area contributed by atoms with Crippen molar-refractivity contribution in [3.05, 3.63) is 0 Å². The normalized spacial score (nSPS) is 15.6. The number of hydrogen-bond acceptors (Lipinski definition) is 5. The van der Waals surface area contributed by atoms with Gasteiger partial charge in [-0.1, -0.05) is 90.9 Å². The second kappa shape index (κ2) is 20.7. The second-order valence-corrected chi connectivity index (χ2v) is 12.6. The molecule has 34 heavy (non-hydrogen) atoms. The van der Waals surface area contributed by atoms with Crippen LogP contribution in [-0.4, -0.2) is 75.6 Å². The summed E-state index contributed by atoms with van der Waals surface area (Å²) in [6.07, 6.45) is 16.3. The molecule has 8 heteroatoms. The summed E-state index contributed by atoms with van der Waals surface area (Å²) >= 11 is 0. The first kappa shape index (κ1) is 33.5. The highest BCUT2D eigenvalue weighted by Gasteiger charge is 2.25. The summed E-state index contributed by atoms with van der Waals surface area (Å²) in [7, 11) is 2.13. The van der Waals surface area contributed by atoms with Crippen molar-refractivity contribution in [2.24, 2.45) is 5.92 Å². The minimum Gasteiger partial charge on any atom is -0.460 e. The van der Waals surface area contributed by atoms with Crippen molar-refractivity contribution < 1.29 is 32.7 Å². The van der Waals surface area contributed by atoms with Crippen molar-refractivity contribution in [3.8, 4) is 0 Å². The molecule has 0 radical (unpaired) electrons. The molecule has 0 aromatic carbocycles. The zero-order chi connectivity index (χ0) is 25.7. The van der Waals surface area contributed by atoms with Crippen molar-refractivity contribution in [2.45, 2.75) is 103 Å². The van der Waals surface area contributed by atoms with E-state index in [-0.39, 0.29) is 19.4 Å². The standard InChI is InChI=1S/C26H54NO6P/c1-6-8-9-10-11-12-13-14-15-16-17-25(7-2)18-20-31-22-26(32-24-28)23-33-34(29,30)21-19-27(3,4)5/h24-26H,6-23H2,1-5H3/p+1. The Morgan fingerprint density at radius 1 is 0.882 bits per heavy atom. The van der Waals surface area contributed by atoms with E-state index in [2.05, 4.69) is 13.8 Å². The van der Waals surface area contributed by atoms with Crippen LogP contribution < -0.4 is 0 Å². The van der Waals surface area contributed by atoms with Crippen LogP contribution in [0.15, 0.2) is 0 Å². The molecule has 0 aromatic heterocycles. The van der Waals surface area contributed by atoms with Gasteiger partial charge in [-0.3, -0.25) is 9.36 Å². The predicted octanol–water partition coefficient (Wildman–Crippen LogP) is 6.18. The number of unbranched alkanes of at least 4 members (excludes halogenated alkanes) is 9. The molecule has 7 nitrogen and oxygen atoms in total. The van der Waals surface area contributed by atoms with E-state index in [0.717, 1.165) is 12.8 Å². The van der Waals surface area contributed by atoms with E-state index in [9.17, 15) is 14.3 Å². The maximum atomic E-state index is 12.2. The third kappa shape index (κ3) is 22.0. The molecule has 3 atom stereocenters. The van der Waals surface area contributed by atoms with E-state index in [0.29, 0.717) is 30.0 Å². The lowest BCUT2D eigenvalue weighted by Gasteiger charge is -2.25. The molecule has 0 spiro atoms. The van der Waals surface area contributed by atoms with Crippen molar-refractivity contribution in [1.82, 2.24) is 0 Å². The average molecular weight is 509 g/mol. The molecule has 0 aliphatic rings.